The highest BCUT2D eigenvalue weighted by Gasteiger charge is 2.18. The van der Waals surface area contributed by atoms with E-state index in [1.165, 1.54) is 36.4 Å². The van der Waals surface area contributed by atoms with Crippen LogP contribution in [0.3, 0.4) is 0 Å². The van der Waals surface area contributed by atoms with Gasteiger partial charge < -0.3 is 10.1 Å². The van der Waals surface area contributed by atoms with Crippen LogP contribution in [0.2, 0.25) is 5.02 Å². The molecular formula is C17H16ClFN2O5S. The van der Waals surface area contributed by atoms with E-state index in [-0.39, 0.29) is 10.6 Å². The monoisotopic (exact) mass is 414 g/mol. The third-order valence-electron chi connectivity index (χ3n) is 3.56. The molecule has 27 heavy (non-hydrogen) atoms. The highest BCUT2D eigenvalue weighted by molar-refractivity contribution is 7.89. The minimum Gasteiger partial charge on any atom is -0.452 e. The summed E-state index contributed by atoms with van der Waals surface area (Å²) in [6.45, 7) is 1.10. The van der Waals surface area contributed by atoms with Gasteiger partial charge in [-0.25, -0.2) is 22.7 Å². The lowest BCUT2D eigenvalue weighted by Crippen LogP contribution is -2.31. The molecule has 1 atom stereocenters. The minimum atomic E-state index is -4.12. The van der Waals surface area contributed by atoms with Crippen LogP contribution in [0.15, 0.2) is 47.4 Å². The summed E-state index contributed by atoms with van der Waals surface area (Å²) >= 11 is 5.74. The van der Waals surface area contributed by atoms with Crippen LogP contribution >= 0.6 is 11.6 Å². The molecule has 0 radical (unpaired) electrons. The van der Waals surface area contributed by atoms with E-state index in [0.29, 0.717) is 5.56 Å². The predicted molar refractivity (Wildman–Crippen MR) is 96.1 cm³/mol. The number of hydrogen-bond donors (Lipinski definition) is 2. The second-order valence-corrected chi connectivity index (χ2v) is 7.54. The van der Waals surface area contributed by atoms with Crippen molar-refractivity contribution >= 4 is 33.5 Å². The Bertz CT molecular complexity index is 964. The minimum absolute atomic E-state index is 0.122. The third-order valence-corrected chi connectivity index (χ3v) is 4.95. The first kappa shape index (κ1) is 20.8. The molecule has 0 heterocycles. The molecule has 0 aliphatic rings. The zero-order valence-corrected chi connectivity index (χ0v) is 15.7. The average molecular weight is 415 g/mol. The van der Waals surface area contributed by atoms with Gasteiger partial charge in [0.2, 0.25) is 10.0 Å². The van der Waals surface area contributed by atoms with E-state index in [2.05, 4.69) is 5.32 Å². The quantitative estimate of drug-likeness (QED) is 0.703. The molecule has 0 bridgehead atoms. The van der Waals surface area contributed by atoms with Crippen molar-refractivity contribution < 1.29 is 27.1 Å². The molecule has 0 saturated heterocycles. The number of nitrogens with two attached hydrogens (primary N) is 1. The molecule has 0 saturated carbocycles. The molecule has 144 valence electrons. The summed E-state index contributed by atoms with van der Waals surface area (Å²) in [5.74, 6) is -1.89. The molecule has 1 amide bonds. The second-order valence-electron chi connectivity index (χ2n) is 5.61. The Morgan fingerprint density at radius 3 is 2.44 bits per heavy atom. The van der Waals surface area contributed by atoms with Gasteiger partial charge in [-0.05, 0) is 42.8 Å². The Morgan fingerprint density at radius 2 is 1.85 bits per heavy atom. The average Bonchev–Trinajstić information content (AvgIpc) is 2.59. The van der Waals surface area contributed by atoms with E-state index in [0.717, 1.165) is 6.07 Å². The van der Waals surface area contributed by atoms with E-state index < -0.39 is 45.3 Å². The van der Waals surface area contributed by atoms with Crippen LogP contribution in [0.1, 0.15) is 28.9 Å². The summed E-state index contributed by atoms with van der Waals surface area (Å²) in [7, 11) is -4.12. The molecule has 2 aromatic rings. The van der Waals surface area contributed by atoms with Gasteiger partial charge in [-0.1, -0.05) is 23.7 Å². The lowest BCUT2D eigenvalue weighted by molar-refractivity contribution is -0.124. The summed E-state index contributed by atoms with van der Waals surface area (Å²) in [6, 6.07) is 8.56. The van der Waals surface area contributed by atoms with E-state index >= 15 is 0 Å². The standard InChI is InChI=1S/C17H16ClFN2O5S/c1-10(11-2-5-13(19)6-3-11)21-16(22)9-26-17(23)12-4-7-14(18)15(8-12)27(20,24)25/h2-8,10H,9H2,1H3,(H,21,22)(H2,20,24,25)/t10-/m0/s1. The Morgan fingerprint density at radius 1 is 1.22 bits per heavy atom. The number of carbonyl (C=O) groups excluding carboxylic acids is 2. The van der Waals surface area contributed by atoms with Gasteiger partial charge in [0.05, 0.1) is 16.6 Å². The van der Waals surface area contributed by atoms with E-state index in [4.69, 9.17) is 21.5 Å². The molecule has 2 aromatic carbocycles. The number of primary sulfonamides is 1. The fourth-order valence-corrected chi connectivity index (χ4v) is 3.25. The highest BCUT2D eigenvalue weighted by atomic mass is 35.5. The lowest BCUT2D eigenvalue weighted by Gasteiger charge is -2.14. The number of benzene rings is 2. The number of rotatable bonds is 6. The van der Waals surface area contributed by atoms with Crippen molar-refractivity contribution in [2.75, 3.05) is 6.61 Å². The molecule has 0 spiro atoms. The van der Waals surface area contributed by atoms with Crippen molar-refractivity contribution in [3.05, 3.63) is 64.4 Å². The highest BCUT2D eigenvalue weighted by Crippen LogP contribution is 2.22. The van der Waals surface area contributed by atoms with Crippen LogP contribution in [0.4, 0.5) is 4.39 Å². The van der Waals surface area contributed by atoms with Crippen LogP contribution in [0.25, 0.3) is 0 Å². The van der Waals surface area contributed by atoms with E-state index in [1.807, 2.05) is 0 Å². The Hall–Kier alpha value is -2.49. The SMILES string of the molecule is C[C@H](NC(=O)COC(=O)c1ccc(Cl)c(S(N)(=O)=O)c1)c1ccc(F)cc1. The summed E-state index contributed by atoms with van der Waals surface area (Å²) in [5, 5.41) is 7.47. The molecule has 10 heteroatoms. The maximum Gasteiger partial charge on any atom is 0.338 e. The van der Waals surface area contributed by atoms with Gasteiger partial charge in [-0.3, -0.25) is 4.79 Å². The van der Waals surface area contributed by atoms with Gasteiger partial charge in [0, 0.05) is 0 Å². The lowest BCUT2D eigenvalue weighted by atomic mass is 10.1. The number of nitrogens with one attached hydrogen (secondary N) is 1. The number of esters is 1. The maximum absolute atomic E-state index is 12.9. The number of carbonyl (C=O) groups is 2. The first-order chi connectivity index (χ1) is 12.6. The Kier molecular flexibility index (Phi) is 6.53. The zero-order chi connectivity index (χ0) is 20.2. The summed E-state index contributed by atoms with van der Waals surface area (Å²) in [6.07, 6.45) is 0. The maximum atomic E-state index is 12.9. The smallest absolute Gasteiger partial charge is 0.338 e. The molecule has 0 unspecified atom stereocenters. The molecule has 0 aliphatic carbocycles. The molecule has 2 rings (SSSR count). The van der Waals surface area contributed by atoms with Gasteiger partial charge in [-0.15, -0.1) is 0 Å². The van der Waals surface area contributed by atoms with E-state index in [1.54, 1.807) is 6.92 Å². The van der Waals surface area contributed by atoms with Crippen LogP contribution < -0.4 is 10.5 Å². The first-order valence-corrected chi connectivity index (χ1v) is 9.54. The van der Waals surface area contributed by atoms with Gasteiger partial charge in [0.1, 0.15) is 10.7 Å². The van der Waals surface area contributed by atoms with Crippen LogP contribution in [0, 0.1) is 5.82 Å². The van der Waals surface area contributed by atoms with Crippen LogP contribution in [0.5, 0.6) is 0 Å². The molecular weight excluding hydrogens is 399 g/mol. The summed E-state index contributed by atoms with van der Waals surface area (Å²) in [5.41, 5.74) is 0.550. The molecule has 0 aliphatic heterocycles. The van der Waals surface area contributed by atoms with Gasteiger partial charge in [0.25, 0.3) is 5.91 Å². The fraction of sp³-hybridized carbons (Fsp3) is 0.176. The van der Waals surface area contributed by atoms with Gasteiger partial charge in [-0.2, -0.15) is 0 Å². The number of amides is 1. The largest absolute Gasteiger partial charge is 0.452 e. The van der Waals surface area contributed by atoms with Gasteiger partial charge in [0.15, 0.2) is 6.61 Å². The van der Waals surface area contributed by atoms with Crippen molar-refractivity contribution in [3.63, 3.8) is 0 Å². The van der Waals surface area contributed by atoms with Crippen molar-refractivity contribution in [1.29, 1.82) is 0 Å². The van der Waals surface area contributed by atoms with Crippen LogP contribution in [-0.2, 0) is 19.6 Å². The number of halogens is 2. The number of sulfonamides is 1. The fourth-order valence-electron chi connectivity index (χ4n) is 2.18. The van der Waals surface area contributed by atoms with Crippen molar-refractivity contribution in [2.24, 2.45) is 5.14 Å². The molecule has 7 nitrogen and oxygen atoms in total. The van der Waals surface area contributed by atoms with Crippen LogP contribution in [-0.4, -0.2) is 26.9 Å². The molecule has 0 fully saturated rings. The normalized spacial score (nSPS) is 12.3. The number of ether oxygens (including phenoxy) is 1. The second kappa shape index (κ2) is 8.47. The van der Waals surface area contributed by atoms with Gasteiger partial charge >= 0.3 is 5.97 Å². The van der Waals surface area contributed by atoms with Crippen molar-refractivity contribution in [3.8, 4) is 0 Å². The van der Waals surface area contributed by atoms with E-state index in [9.17, 15) is 22.4 Å². The van der Waals surface area contributed by atoms with Crippen molar-refractivity contribution in [2.45, 2.75) is 17.9 Å². The summed E-state index contributed by atoms with van der Waals surface area (Å²) < 4.78 is 40.6. The third kappa shape index (κ3) is 5.75. The molecule has 0 aromatic heterocycles. The topological polar surface area (TPSA) is 116 Å². The molecule has 3 N–H and O–H groups in total. The van der Waals surface area contributed by atoms with Crippen molar-refractivity contribution in [1.82, 2.24) is 5.32 Å². The first-order valence-electron chi connectivity index (χ1n) is 7.62. The Balaban J connectivity index is 1.97. The predicted octanol–water partition coefficient (Wildman–Crippen LogP) is 2.16. The Labute approximate surface area is 160 Å². The zero-order valence-electron chi connectivity index (χ0n) is 14.1. The number of hydrogen-bond acceptors (Lipinski definition) is 5. The summed E-state index contributed by atoms with van der Waals surface area (Å²) in [4.78, 5) is 23.5.